The van der Waals surface area contributed by atoms with Gasteiger partial charge in [0.15, 0.2) is 0 Å². The molecule has 1 aliphatic rings. The number of carbonyl (C=O) groups excluding carboxylic acids is 1. The maximum atomic E-state index is 13.3. The highest BCUT2D eigenvalue weighted by molar-refractivity contribution is 5.93. The predicted octanol–water partition coefficient (Wildman–Crippen LogP) is 2.96. The predicted molar refractivity (Wildman–Crippen MR) is 97.2 cm³/mol. The number of rotatable bonds is 7. The highest BCUT2D eigenvalue weighted by atomic mass is 16.3. The van der Waals surface area contributed by atoms with Gasteiger partial charge in [0.25, 0.3) is 5.91 Å². The van der Waals surface area contributed by atoms with E-state index in [1.165, 1.54) is 0 Å². The maximum Gasteiger partial charge on any atom is 0.272 e. The van der Waals surface area contributed by atoms with Gasteiger partial charge >= 0.3 is 0 Å². The van der Waals surface area contributed by atoms with Crippen molar-refractivity contribution in [3.05, 3.63) is 53.3 Å². The van der Waals surface area contributed by atoms with Crippen molar-refractivity contribution >= 4 is 5.91 Å². The van der Waals surface area contributed by atoms with E-state index in [-0.39, 0.29) is 24.5 Å². The lowest BCUT2D eigenvalue weighted by Crippen LogP contribution is -2.44. The minimum atomic E-state index is -0.134. The first-order chi connectivity index (χ1) is 12.0. The molecule has 1 heterocycles. The molecule has 0 radical (unpaired) electrons. The van der Waals surface area contributed by atoms with Crippen molar-refractivity contribution < 1.29 is 9.90 Å². The van der Waals surface area contributed by atoms with Gasteiger partial charge in [0, 0.05) is 13.6 Å². The summed E-state index contributed by atoms with van der Waals surface area (Å²) in [4.78, 5) is 15.1. The van der Waals surface area contributed by atoms with Crippen molar-refractivity contribution in [2.75, 3.05) is 6.61 Å². The molecule has 25 heavy (non-hydrogen) atoms. The Labute approximate surface area is 149 Å². The summed E-state index contributed by atoms with van der Waals surface area (Å²) in [7, 11) is 1.81. The molecular weight excluding hydrogens is 314 g/mol. The van der Waals surface area contributed by atoms with E-state index in [2.05, 4.69) is 18.9 Å². The van der Waals surface area contributed by atoms with E-state index in [1.54, 1.807) is 4.68 Å². The largest absolute Gasteiger partial charge is 0.394 e. The van der Waals surface area contributed by atoms with Gasteiger partial charge in [-0.2, -0.15) is 5.10 Å². The number of benzene rings is 1. The first-order valence-corrected chi connectivity index (χ1v) is 9.01. The quantitative estimate of drug-likeness (QED) is 0.842. The van der Waals surface area contributed by atoms with E-state index in [1.807, 2.05) is 48.3 Å². The van der Waals surface area contributed by atoms with Crippen LogP contribution in [0.2, 0.25) is 0 Å². The monoisotopic (exact) mass is 341 g/mol. The zero-order chi connectivity index (χ0) is 18.0. The molecule has 2 aromatic rings. The normalized spacial score (nSPS) is 15.4. The number of hydrogen-bond acceptors (Lipinski definition) is 3. The van der Waals surface area contributed by atoms with Crippen LogP contribution in [0.3, 0.4) is 0 Å². The van der Waals surface area contributed by atoms with Gasteiger partial charge in [0.05, 0.1) is 18.3 Å². The molecule has 0 bridgehead atoms. The van der Waals surface area contributed by atoms with E-state index in [0.717, 1.165) is 24.1 Å². The second-order valence-electron chi connectivity index (χ2n) is 7.24. The van der Waals surface area contributed by atoms with Crippen molar-refractivity contribution in [1.29, 1.82) is 0 Å². The summed E-state index contributed by atoms with van der Waals surface area (Å²) in [5, 5.41) is 14.4. The summed E-state index contributed by atoms with van der Waals surface area (Å²) in [6, 6.07) is 11.7. The topological polar surface area (TPSA) is 58.4 Å². The van der Waals surface area contributed by atoms with Crippen LogP contribution >= 0.6 is 0 Å². The summed E-state index contributed by atoms with van der Waals surface area (Å²) < 4.78 is 1.66. The Morgan fingerprint density at radius 1 is 1.32 bits per heavy atom. The third kappa shape index (κ3) is 3.93. The third-order valence-electron chi connectivity index (χ3n) is 4.92. The molecule has 134 valence electrons. The van der Waals surface area contributed by atoms with Crippen molar-refractivity contribution in [3.8, 4) is 0 Å². The van der Waals surface area contributed by atoms with Crippen LogP contribution in [0.4, 0.5) is 0 Å². The van der Waals surface area contributed by atoms with Crippen LogP contribution in [0, 0.1) is 5.92 Å². The Kier molecular flexibility index (Phi) is 5.23. The maximum absolute atomic E-state index is 13.3. The number of aromatic nitrogens is 2. The Balaban J connectivity index is 1.91. The molecule has 1 aromatic heterocycles. The Morgan fingerprint density at radius 2 is 2.00 bits per heavy atom. The number of carbonyl (C=O) groups is 1. The van der Waals surface area contributed by atoms with Crippen molar-refractivity contribution in [2.45, 2.75) is 45.2 Å². The highest BCUT2D eigenvalue weighted by Crippen LogP contribution is 2.36. The lowest BCUT2D eigenvalue weighted by molar-refractivity contribution is 0.0520. The first-order valence-electron chi connectivity index (χ1n) is 9.01. The van der Waals surface area contributed by atoms with Crippen LogP contribution in [0.15, 0.2) is 36.4 Å². The molecule has 1 atom stereocenters. The first kappa shape index (κ1) is 17.7. The number of amides is 1. The second kappa shape index (κ2) is 7.40. The van der Waals surface area contributed by atoms with Crippen LogP contribution in [-0.2, 0) is 13.6 Å². The van der Waals surface area contributed by atoms with Crippen molar-refractivity contribution in [1.82, 2.24) is 14.7 Å². The van der Waals surface area contributed by atoms with E-state index in [0.29, 0.717) is 18.2 Å². The molecule has 1 aromatic carbocycles. The highest BCUT2D eigenvalue weighted by Gasteiger charge is 2.38. The fourth-order valence-corrected chi connectivity index (χ4v) is 3.22. The van der Waals surface area contributed by atoms with E-state index >= 15 is 0 Å². The van der Waals surface area contributed by atoms with Gasteiger partial charge in [-0.15, -0.1) is 0 Å². The molecule has 1 fully saturated rings. The molecule has 3 rings (SSSR count). The average Bonchev–Trinajstić information content (AvgIpc) is 3.36. The Bertz CT molecular complexity index is 720. The SMILES string of the molecule is CC(C)c1cc(C(=O)N(Cc2ccccc2)C(CO)C2CC2)n(C)n1. The summed E-state index contributed by atoms with van der Waals surface area (Å²) in [5.74, 6) is 0.611. The van der Waals surface area contributed by atoms with E-state index in [4.69, 9.17) is 0 Å². The molecule has 1 unspecified atom stereocenters. The van der Waals surface area contributed by atoms with Crippen LogP contribution < -0.4 is 0 Å². The fourth-order valence-electron chi connectivity index (χ4n) is 3.22. The minimum absolute atomic E-state index is 0.00186. The van der Waals surface area contributed by atoms with Crippen LogP contribution in [0.1, 0.15) is 54.4 Å². The molecule has 1 N–H and O–H groups in total. The molecule has 0 aliphatic heterocycles. The number of aliphatic hydroxyl groups is 1. The zero-order valence-electron chi connectivity index (χ0n) is 15.2. The zero-order valence-corrected chi connectivity index (χ0v) is 15.2. The molecule has 5 nitrogen and oxygen atoms in total. The van der Waals surface area contributed by atoms with Gasteiger partial charge in [-0.05, 0) is 36.3 Å². The second-order valence-corrected chi connectivity index (χ2v) is 7.24. The van der Waals surface area contributed by atoms with Gasteiger partial charge in [-0.1, -0.05) is 44.2 Å². The standard InChI is InChI=1S/C20H27N3O2/c1-14(2)17-11-18(22(3)21-17)20(25)23(19(13-24)16-9-10-16)12-15-7-5-4-6-8-15/h4-8,11,14,16,19,24H,9-10,12-13H2,1-3H3. The molecule has 5 heteroatoms. The summed E-state index contributed by atoms with van der Waals surface area (Å²) in [6.45, 7) is 4.64. The molecular formula is C20H27N3O2. The molecule has 1 saturated carbocycles. The van der Waals surface area contributed by atoms with Gasteiger partial charge in [-0.3, -0.25) is 9.48 Å². The summed E-state index contributed by atoms with van der Waals surface area (Å²) >= 11 is 0. The summed E-state index contributed by atoms with van der Waals surface area (Å²) in [6.07, 6.45) is 2.15. The van der Waals surface area contributed by atoms with Gasteiger partial charge in [0.1, 0.15) is 5.69 Å². The molecule has 0 saturated heterocycles. The van der Waals surface area contributed by atoms with Gasteiger partial charge < -0.3 is 10.0 Å². The lowest BCUT2D eigenvalue weighted by atomic mass is 10.1. The molecule has 1 aliphatic carbocycles. The van der Waals surface area contributed by atoms with Crippen molar-refractivity contribution in [3.63, 3.8) is 0 Å². The van der Waals surface area contributed by atoms with Crippen molar-refractivity contribution in [2.24, 2.45) is 13.0 Å². The fraction of sp³-hybridized carbons (Fsp3) is 0.500. The lowest BCUT2D eigenvalue weighted by Gasteiger charge is -2.31. The van der Waals surface area contributed by atoms with E-state index in [9.17, 15) is 9.90 Å². The van der Waals surface area contributed by atoms with Gasteiger partial charge in [0.2, 0.25) is 0 Å². The van der Waals surface area contributed by atoms with Crippen LogP contribution in [0.25, 0.3) is 0 Å². The van der Waals surface area contributed by atoms with Gasteiger partial charge in [-0.25, -0.2) is 0 Å². The number of nitrogens with zero attached hydrogens (tertiary/aromatic N) is 3. The third-order valence-corrected chi connectivity index (χ3v) is 4.92. The number of aryl methyl sites for hydroxylation is 1. The Morgan fingerprint density at radius 3 is 2.52 bits per heavy atom. The number of aliphatic hydroxyl groups excluding tert-OH is 1. The van der Waals surface area contributed by atoms with Crippen LogP contribution in [-0.4, -0.2) is 38.3 Å². The Hall–Kier alpha value is -2.14. The van der Waals surface area contributed by atoms with E-state index < -0.39 is 0 Å². The van der Waals surface area contributed by atoms with Crippen LogP contribution in [0.5, 0.6) is 0 Å². The molecule has 0 spiro atoms. The summed E-state index contributed by atoms with van der Waals surface area (Å²) in [5.41, 5.74) is 2.57. The minimum Gasteiger partial charge on any atom is -0.394 e. The number of hydrogen-bond donors (Lipinski definition) is 1. The smallest absolute Gasteiger partial charge is 0.272 e. The molecule has 1 amide bonds. The average molecular weight is 341 g/mol.